The molecule has 0 unspecified atom stereocenters. The van der Waals surface area contributed by atoms with Crippen molar-refractivity contribution in [3.63, 3.8) is 0 Å². The number of rotatable bonds is 7. The number of aromatic nitrogens is 1. The predicted molar refractivity (Wildman–Crippen MR) is 68.7 cm³/mol. The van der Waals surface area contributed by atoms with Crippen molar-refractivity contribution in [2.45, 2.75) is 26.3 Å². The summed E-state index contributed by atoms with van der Waals surface area (Å²) in [5.41, 5.74) is 0.703. The van der Waals surface area contributed by atoms with Crippen LogP contribution in [0.15, 0.2) is 5.38 Å². The zero-order valence-electron chi connectivity index (χ0n) is 10.3. The van der Waals surface area contributed by atoms with Gasteiger partial charge >= 0.3 is 5.97 Å². The molecule has 0 fully saturated rings. The predicted octanol–water partition coefficient (Wildman–Crippen LogP) is 0.824. The quantitative estimate of drug-likeness (QED) is 0.752. The molecule has 0 atom stereocenters. The number of thiazole rings is 1. The third kappa shape index (κ3) is 5.56. The van der Waals surface area contributed by atoms with E-state index in [0.29, 0.717) is 5.69 Å². The molecule has 0 aromatic carbocycles. The molecule has 0 radical (unpaired) electrons. The van der Waals surface area contributed by atoms with Gasteiger partial charge in [0.15, 0.2) is 0 Å². The van der Waals surface area contributed by atoms with Gasteiger partial charge in [0.25, 0.3) is 0 Å². The molecule has 0 aliphatic carbocycles. The summed E-state index contributed by atoms with van der Waals surface area (Å²) in [6, 6.07) is 0. The van der Waals surface area contributed by atoms with Crippen LogP contribution in [0.5, 0.6) is 0 Å². The monoisotopic (exact) mass is 292 g/mol. The van der Waals surface area contributed by atoms with Gasteiger partial charge in [-0.15, -0.1) is 11.3 Å². The van der Waals surface area contributed by atoms with E-state index < -0.39 is 16.0 Å². The summed E-state index contributed by atoms with van der Waals surface area (Å²) in [4.78, 5) is 15.0. The third-order valence-corrected chi connectivity index (χ3v) is 4.39. The van der Waals surface area contributed by atoms with Gasteiger partial charge in [-0.1, -0.05) is 0 Å². The number of hydrogen-bond acceptors (Lipinski definition) is 6. The first-order valence-electron chi connectivity index (χ1n) is 5.38. The molecule has 1 aromatic rings. The van der Waals surface area contributed by atoms with Gasteiger partial charge in [0.05, 0.1) is 30.1 Å². The van der Waals surface area contributed by atoms with Crippen molar-refractivity contribution in [2.75, 3.05) is 12.9 Å². The number of methoxy groups -OCH3 is 1. The van der Waals surface area contributed by atoms with E-state index in [1.54, 1.807) is 0 Å². The molecule has 0 spiro atoms. The number of carbonyl (C=O) groups excluding carboxylic acids is 1. The summed E-state index contributed by atoms with van der Waals surface area (Å²) in [5, 5.41) is 2.71. The van der Waals surface area contributed by atoms with Crippen LogP contribution in [0.3, 0.4) is 0 Å². The fourth-order valence-electron chi connectivity index (χ4n) is 1.25. The molecule has 102 valence electrons. The second-order valence-corrected chi connectivity index (χ2v) is 6.67. The van der Waals surface area contributed by atoms with Crippen LogP contribution in [-0.4, -0.2) is 32.2 Å². The van der Waals surface area contributed by atoms with E-state index in [9.17, 15) is 13.2 Å². The lowest BCUT2D eigenvalue weighted by Gasteiger charge is -2.04. The highest BCUT2D eigenvalue weighted by Gasteiger charge is 2.12. The topological polar surface area (TPSA) is 85.4 Å². The third-order valence-electron chi connectivity index (χ3n) is 2.16. The van der Waals surface area contributed by atoms with E-state index in [2.05, 4.69) is 14.4 Å². The lowest BCUT2D eigenvalue weighted by molar-refractivity contribution is -0.140. The Morgan fingerprint density at radius 3 is 2.83 bits per heavy atom. The van der Waals surface area contributed by atoms with E-state index in [4.69, 9.17) is 0 Å². The largest absolute Gasteiger partial charge is 0.469 e. The highest BCUT2D eigenvalue weighted by Crippen LogP contribution is 2.08. The summed E-state index contributed by atoms with van der Waals surface area (Å²) in [5.74, 6) is -0.495. The molecule has 0 aliphatic rings. The molecule has 0 aliphatic heterocycles. The number of esters is 1. The van der Waals surface area contributed by atoms with Gasteiger partial charge in [-0.2, -0.15) is 0 Å². The SMILES string of the molecule is COC(=O)CCCS(=O)(=O)NCc1csc(C)n1. The van der Waals surface area contributed by atoms with Crippen LogP contribution in [0, 0.1) is 6.92 Å². The minimum absolute atomic E-state index is 0.0920. The minimum atomic E-state index is -3.37. The molecular weight excluding hydrogens is 276 g/mol. The van der Waals surface area contributed by atoms with Crippen molar-refractivity contribution in [3.8, 4) is 0 Å². The van der Waals surface area contributed by atoms with E-state index >= 15 is 0 Å². The van der Waals surface area contributed by atoms with Crippen LogP contribution >= 0.6 is 11.3 Å². The highest BCUT2D eigenvalue weighted by molar-refractivity contribution is 7.89. The molecule has 0 saturated carbocycles. The molecule has 8 heteroatoms. The Hall–Kier alpha value is -0.990. The Bertz CT molecular complexity index is 496. The van der Waals surface area contributed by atoms with Crippen molar-refractivity contribution in [3.05, 3.63) is 16.1 Å². The van der Waals surface area contributed by atoms with Crippen molar-refractivity contribution >= 4 is 27.3 Å². The first-order valence-corrected chi connectivity index (χ1v) is 7.91. The number of ether oxygens (including phenoxy) is 1. The van der Waals surface area contributed by atoms with E-state index in [-0.39, 0.29) is 25.1 Å². The lowest BCUT2D eigenvalue weighted by atomic mass is 10.3. The standard InChI is InChI=1S/C10H16N2O4S2/c1-8-12-9(7-17-8)6-11-18(14,15)5-3-4-10(13)16-2/h7,11H,3-6H2,1-2H3. The lowest BCUT2D eigenvalue weighted by Crippen LogP contribution is -2.26. The number of nitrogens with zero attached hydrogens (tertiary/aromatic N) is 1. The van der Waals surface area contributed by atoms with Crippen LogP contribution in [-0.2, 0) is 26.1 Å². The van der Waals surface area contributed by atoms with Gasteiger partial charge in [-0.25, -0.2) is 18.1 Å². The van der Waals surface area contributed by atoms with Crippen molar-refractivity contribution in [2.24, 2.45) is 0 Å². The number of sulfonamides is 1. The summed E-state index contributed by atoms with van der Waals surface area (Å²) in [6.07, 6.45) is 0.352. The molecule has 0 saturated heterocycles. The summed E-state index contributed by atoms with van der Waals surface area (Å²) in [7, 11) is -2.09. The smallest absolute Gasteiger partial charge is 0.305 e. The van der Waals surface area contributed by atoms with Crippen LogP contribution in [0.25, 0.3) is 0 Å². The molecule has 0 amide bonds. The van der Waals surface area contributed by atoms with E-state index in [1.165, 1.54) is 18.4 Å². The van der Waals surface area contributed by atoms with Crippen LogP contribution in [0.4, 0.5) is 0 Å². The average molecular weight is 292 g/mol. The van der Waals surface area contributed by atoms with Gasteiger partial charge < -0.3 is 4.74 Å². The summed E-state index contributed by atoms with van der Waals surface area (Å²) in [6.45, 7) is 2.05. The Labute approximate surface area is 110 Å². The van der Waals surface area contributed by atoms with Crippen molar-refractivity contribution in [1.82, 2.24) is 9.71 Å². The van der Waals surface area contributed by atoms with Crippen molar-refractivity contribution < 1.29 is 17.9 Å². The maximum atomic E-state index is 11.6. The maximum absolute atomic E-state index is 11.6. The molecule has 1 rings (SSSR count). The maximum Gasteiger partial charge on any atom is 0.305 e. The van der Waals surface area contributed by atoms with Gasteiger partial charge in [0, 0.05) is 11.8 Å². The number of aryl methyl sites for hydroxylation is 1. The van der Waals surface area contributed by atoms with Gasteiger partial charge in [-0.3, -0.25) is 4.79 Å². The Morgan fingerprint density at radius 1 is 1.56 bits per heavy atom. The molecule has 18 heavy (non-hydrogen) atoms. The molecule has 1 aromatic heterocycles. The first-order chi connectivity index (χ1) is 8.43. The minimum Gasteiger partial charge on any atom is -0.469 e. The second-order valence-electron chi connectivity index (χ2n) is 3.68. The zero-order valence-corrected chi connectivity index (χ0v) is 11.9. The zero-order chi connectivity index (χ0) is 13.6. The Balaban J connectivity index is 2.33. The second kappa shape index (κ2) is 6.81. The molecule has 1 heterocycles. The van der Waals surface area contributed by atoms with Gasteiger partial charge in [-0.05, 0) is 13.3 Å². The van der Waals surface area contributed by atoms with Crippen LogP contribution in [0.2, 0.25) is 0 Å². The molecule has 6 nitrogen and oxygen atoms in total. The Kier molecular flexibility index (Phi) is 5.70. The first kappa shape index (κ1) is 15.1. The summed E-state index contributed by atoms with van der Waals surface area (Å²) < 4.78 is 30.1. The molecular formula is C10H16N2O4S2. The van der Waals surface area contributed by atoms with E-state index in [0.717, 1.165) is 5.01 Å². The summed E-state index contributed by atoms with van der Waals surface area (Å²) >= 11 is 1.47. The van der Waals surface area contributed by atoms with E-state index in [1.807, 2.05) is 12.3 Å². The number of carbonyl (C=O) groups is 1. The number of nitrogens with one attached hydrogen (secondary N) is 1. The fourth-order valence-corrected chi connectivity index (χ4v) is 2.90. The molecule has 0 bridgehead atoms. The Morgan fingerprint density at radius 2 is 2.28 bits per heavy atom. The van der Waals surface area contributed by atoms with Crippen LogP contribution < -0.4 is 4.72 Å². The number of hydrogen-bond donors (Lipinski definition) is 1. The normalized spacial score (nSPS) is 11.4. The highest BCUT2D eigenvalue weighted by atomic mass is 32.2. The van der Waals surface area contributed by atoms with Gasteiger partial charge in [0.1, 0.15) is 0 Å². The van der Waals surface area contributed by atoms with Crippen LogP contribution in [0.1, 0.15) is 23.5 Å². The van der Waals surface area contributed by atoms with Crippen molar-refractivity contribution in [1.29, 1.82) is 0 Å². The fraction of sp³-hybridized carbons (Fsp3) is 0.600. The molecule has 1 N–H and O–H groups in total. The average Bonchev–Trinajstić information content (AvgIpc) is 2.72. The van der Waals surface area contributed by atoms with Gasteiger partial charge in [0.2, 0.25) is 10.0 Å².